The van der Waals surface area contributed by atoms with Crippen molar-refractivity contribution < 1.29 is 21.8 Å². The molecular formula is C17H17Cl2N3O6S2. The molecule has 0 radical (unpaired) electrons. The highest BCUT2D eigenvalue weighted by Gasteiger charge is 2.31. The average molecular weight is 494 g/mol. The minimum Gasteiger partial charge on any atom is -0.369 e. The standard InChI is InChI=1S/C17H17Cl2N3O6S2/c1-29(25,26)16-5-3-13(11-15(16)22(23)24)20-6-8-21(9-7-20)30(27,28)17-10-12(18)2-4-14(17)19/h2-5,10-11H,6-9H2,1H3. The van der Waals surface area contributed by atoms with E-state index in [1.165, 1.54) is 40.7 Å². The van der Waals surface area contributed by atoms with Gasteiger partial charge in [-0.05, 0) is 30.3 Å². The van der Waals surface area contributed by atoms with Gasteiger partial charge in [-0.2, -0.15) is 4.31 Å². The molecule has 2 aromatic carbocycles. The van der Waals surface area contributed by atoms with Gasteiger partial charge in [0.05, 0.1) is 9.95 Å². The summed E-state index contributed by atoms with van der Waals surface area (Å²) in [5, 5.41) is 11.6. The van der Waals surface area contributed by atoms with Gasteiger partial charge < -0.3 is 4.90 Å². The third-order valence-corrected chi connectivity index (χ3v) is 8.41. The molecular weight excluding hydrogens is 477 g/mol. The number of sulfonamides is 1. The zero-order valence-corrected chi connectivity index (χ0v) is 18.8. The maximum atomic E-state index is 12.9. The van der Waals surface area contributed by atoms with E-state index in [-0.39, 0.29) is 46.0 Å². The molecule has 1 saturated heterocycles. The van der Waals surface area contributed by atoms with E-state index in [1.54, 1.807) is 4.90 Å². The lowest BCUT2D eigenvalue weighted by Gasteiger charge is -2.35. The van der Waals surface area contributed by atoms with Crippen molar-refractivity contribution in [3.8, 4) is 0 Å². The summed E-state index contributed by atoms with van der Waals surface area (Å²) in [4.78, 5) is 11.9. The highest BCUT2D eigenvalue weighted by Crippen LogP contribution is 2.31. The normalized spacial score (nSPS) is 15.9. The van der Waals surface area contributed by atoms with Crippen LogP contribution in [0.3, 0.4) is 0 Å². The summed E-state index contributed by atoms with van der Waals surface area (Å²) in [5.41, 5.74) is -0.0808. The van der Waals surface area contributed by atoms with Gasteiger partial charge in [-0.1, -0.05) is 23.2 Å². The predicted molar refractivity (Wildman–Crippen MR) is 114 cm³/mol. The second-order valence-electron chi connectivity index (χ2n) is 6.65. The Labute approximate surface area is 183 Å². The Morgan fingerprint density at radius 2 is 1.57 bits per heavy atom. The lowest BCUT2D eigenvalue weighted by atomic mass is 10.2. The van der Waals surface area contributed by atoms with Gasteiger partial charge in [-0.25, -0.2) is 16.8 Å². The van der Waals surface area contributed by atoms with Gasteiger partial charge >= 0.3 is 0 Å². The molecule has 0 amide bonds. The van der Waals surface area contributed by atoms with E-state index in [1.807, 2.05) is 0 Å². The van der Waals surface area contributed by atoms with E-state index in [9.17, 15) is 26.9 Å². The number of benzene rings is 2. The minimum atomic E-state index is -3.87. The first-order chi connectivity index (χ1) is 13.9. The Morgan fingerprint density at radius 3 is 2.13 bits per heavy atom. The monoisotopic (exact) mass is 493 g/mol. The number of anilines is 1. The van der Waals surface area contributed by atoms with Crippen molar-refractivity contribution in [1.29, 1.82) is 0 Å². The lowest BCUT2D eigenvalue weighted by molar-refractivity contribution is -0.387. The van der Waals surface area contributed by atoms with Gasteiger partial charge in [0.2, 0.25) is 10.0 Å². The van der Waals surface area contributed by atoms with E-state index in [0.29, 0.717) is 5.69 Å². The third-order valence-electron chi connectivity index (χ3n) is 4.65. The van der Waals surface area contributed by atoms with Crippen LogP contribution < -0.4 is 4.90 Å². The zero-order valence-electron chi connectivity index (χ0n) is 15.7. The van der Waals surface area contributed by atoms with E-state index in [0.717, 1.165) is 6.26 Å². The van der Waals surface area contributed by atoms with Crippen LogP contribution in [0.1, 0.15) is 0 Å². The predicted octanol–water partition coefficient (Wildman–Crippen LogP) is 2.82. The SMILES string of the molecule is CS(=O)(=O)c1ccc(N2CCN(S(=O)(=O)c3cc(Cl)ccc3Cl)CC2)cc1[N+](=O)[O-]. The van der Waals surface area contributed by atoms with Gasteiger partial charge in [0.25, 0.3) is 5.69 Å². The summed E-state index contributed by atoms with van der Waals surface area (Å²) in [7, 11) is -7.63. The van der Waals surface area contributed by atoms with Crippen molar-refractivity contribution in [3.05, 3.63) is 56.6 Å². The lowest BCUT2D eigenvalue weighted by Crippen LogP contribution is -2.48. The van der Waals surface area contributed by atoms with E-state index in [4.69, 9.17) is 23.2 Å². The Bertz CT molecular complexity index is 1210. The molecule has 13 heteroatoms. The van der Waals surface area contributed by atoms with Crippen LogP contribution in [0, 0.1) is 10.1 Å². The number of sulfone groups is 1. The molecule has 0 atom stereocenters. The summed E-state index contributed by atoms with van der Waals surface area (Å²) in [6.45, 7) is 0.749. The first-order valence-electron chi connectivity index (χ1n) is 8.60. The number of rotatable bonds is 5. The molecule has 0 saturated carbocycles. The molecule has 1 aliphatic rings. The van der Waals surface area contributed by atoms with Crippen molar-refractivity contribution in [2.45, 2.75) is 9.79 Å². The highest BCUT2D eigenvalue weighted by atomic mass is 35.5. The van der Waals surface area contributed by atoms with Gasteiger partial charge in [0.1, 0.15) is 9.79 Å². The molecule has 162 valence electrons. The highest BCUT2D eigenvalue weighted by molar-refractivity contribution is 7.90. The molecule has 30 heavy (non-hydrogen) atoms. The van der Waals surface area contributed by atoms with Crippen molar-refractivity contribution in [2.24, 2.45) is 0 Å². The van der Waals surface area contributed by atoms with Gasteiger partial charge in [0, 0.05) is 49.2 Å². The first-order valence-corrected chi connectivity index (χ1v) is 12.7. The minimum absolute atomic E-state index is 0.0637. The maximum Gasteiger partial charge on any atom is 0.290 e. The van der Waals surface area contributed by atoms with Crippen LogP contribution in [0.15, 0.2) is 46.2 Å². The number of hydrogen-bond acceptors (Lipinski definition) is 7. The molecule has 0 N–H and O–H groups in total. The second-order valence-corrected chi connectivity index (χ2v) is 11.4. The Balaban J connectivity index is 1.83. The second kappa shape index (κ2) is 8.31. The Hall–Kier alpha value is -1.92. The summed E-state index contributed by atoms with van der Waals surface area (Å²) in [5.74, 6) is 0. The number of nitro groups is 1. The fourth-order valence-corrected chi connectivity index (χ4v) is 6.15. The van der Waals surface area contributed by atoms with Gasteiger partial charge in [0.15, 0.2) is 9.84 Å². The largest absolute Gasteiger partial charge is 0.369 e. The zero-order chi connectivity index (χ0) is 22.3. The van der Waals surface area contributed by atoms with Crippen LogP contribution in [0.2, 0.25) is 10.0 Å². The summed E-state index contributed by atoms with van der Waals surface area (Å²) < 4.78 is 50.6. The molecule has 1 fully saturated rings. The third kappa shape index (κ3) is 4.54. The first kappa shape index (κ1) is 22.8. The Morgan fingerprint density at radius 1 is 0.933 bits per heavy atom. The number of nitrogens with zero attached hydrogens (tertiary/aromatic N) is 3. The molecule has 0 unspecified atom stereocenters. The van der Waals surface area contributed by atoms with Crippen LogP contribution >= 0.6 is 23.2 Å². The van der Waals surface area contributed by atoms with Gasteiger partial charge in [-0.3, -0.25) is 10.1 Å². The molecule has 1 aliphatic heterocycles. The van der Waals surface area contributed by atoms with Crippen LogP contribution in [0.25, 0.3) is 0 Å². The van der Waals surface area contributed by atoms with E-state index in [2.05, 4.69) is 0 Å². The van der Waals surface area contributed by atoms with Gasteiger partial charge in [-0.15, -0.1) is 0 Å². The smallest absolute Gasteiger partial charge is 0.290 e. The molecule has 0 spiro atoms. The molecule has 1 heterocycles. The number of nitro benzene ring substituents is 1. The average Bonchev–Trinajstić information content (AvgIpc) is 2.68. The van der Waals surface area contributed by atoms with Crippen molar-refractivity contribution in [1.82, 2.24) is 4.31 Å². The van der Waals surface area contributed by atoms with Crippen LogP contribution in [-0.2, 0) is 19.9 Å². The topological polar surface area (TPSA) is 118 Å². The molecule has 3 rings (SSSR count). The summed E-state index contributed by atoms with van der Waals surface area (Å²) in [6.07, 6.45) is 0.902. The van der Waals surface area contributed by atoms with Crippen LogP contribution in [0.5, 0.6) is 0 Å². The van der Waals surface area contributed by atoms with Crippen molar-refractivity contribution in [2.75, 3.05) is 37.3 Å². The number of piperazine rings is 1. The quantitative estimate of drug-likeness (QED) is 0.463. The summed E-state index contributed by atoms with van der Waals surface area (Å²) in [6, 6.07) is 8.05. The van der Waals surface area contributed by atoms with Crippen LogP contribution in [0.4, 0.5) is 11.4 Å². The van der Waals surface area contributed by atoms with Crippen molar-refractivity contribution >= 4 is 54.4 Å². The van der Waals surface area contributed by atoms with E-state index >= 15 is 0 Å². The van der Waals surface area contributed by atoms with Crippen molar-refractivity contribution in [3.63, 3.8) is 0 Å². The molecule has 0 aliphatic carbocycles. The molecule has 2 aromatic rings. The summed E-state index contributed by atoms with van der Waals surface area (Å²) >= 11 is 11.9. The number of halogens is 2. The molecule has 0 aromatic heterocycles. The Kier molecular flexibility index (Phi) is 6.30. The number of hydrogen-bond donors (Lipinski definition) is 0. The van der Waals surface area contributed by atoms with Crippen LogP contribution in [-0.4, -0.2) is 58.5 Å². The fourth-order valence-electron chi connectivity index (χ4n) is 3.16. The maximum absolute atomic E-state index is 12.9. The van der Waals surface area contributed by atoms with E-state index < -0.39 is 30.5 Å². The molecule has 9 nitrogen and oxygen atoms in total. The molecule has 0 bridgehead atoms. The fraction of sp³-hybridized carbons (Fsp3) is 0.294.